The van der Waals surface area contributed by atoms with Gasteiger partial charge in [-0.3, -0.25) is 0 Å². The highest BCUT2D eigenvalue weighted by Gasteiger charge is 2.57. The van der Waals surface area contributed by atoms with E-state index < -0.39 is 96.1 Å². The fourth-order valence-corrected chi connectivity index (χ4v) is 11.4. The van der Waals surface area contributed by atoms with Gasteiger partial charge < -0.3 is 80.0 Å². The van der Waals surface area contributed by atoms with Gasteiger partial charge in [-0.25, -0.2) is 8.62 Å². The molecule has 0 saturated heterocycles. The molecule has 0 aliphatic rings. The van der Waals surface area contributed by atoms with E-state index >= 15 is 0 Å². The van der Waals surface area contributed by atoms with Gasteiger partial charge in [-0.2, -0.15) is 0 Å². The molecule has 0 saturated carbocycles. The molecule has 4 aromatic carbocycles. The van der Waals surface area contributed by atoms with Crippen LogP contribution in [0.25, 0.3) is 0 Å². The topological polar surface area (TPSA) is 342 Å². The summed E-state index contributed by atoms with van der Waals surface area (Å²) < 4.78 is 7.20. The summed E-state index contributed by atoms with van der Waals surface area (Å²) in [5.74, 6) is 0. The molecule has 0 aliphatic heterocycles. The van der Waals surface area contributed by atoms with Crippen LogP contribution in [0, 0.1) is 10.8 Å². The van der Waals surface area contributed by atoms with Crippen LogP contribution in [0.3, 0.4) is 0 Å². The van der Waals surface area contributed by atoms with Crippen LogP contribution in [0.5, 0.6) is 0 Å². The molecular weight excluding hydrogens is 1200 g/mol. The van der Waals surface area contributed by atoms with Gasteiger partial charge in [-0.05, 0) is 110 Å². The summed E-state index contributed by atoms with van der Waals surface area (Å²) in [4.78, 5) is 62.5. The molecule has 0 aromatic heterocycles. The van der Waals surface area contributed by atoms with Crippen molar-refractivity contribution in [1.82, 2.24) is 0 Å². The van der Waals surface area contributed by atoms with Crippen molar-refractivity contribution in [3.63, 3.8) is 0 Å². The maximum atomic E-state index is 13.3. The first-order valence-electron chi connectivity index (χ1n) is 29.2. The minimum atomic E-state index is -2.61. The van der Waals surface area contributed by atoms with Crippen LogP contribution in [0.1, 0.15) is 233 Å². The highest BCUT2D eigenvalue weighted by Crippen LogP contribution is 2.54. The zero-order valence-electron chi connectivity index (χ0n) is 56.9. The largest absolute Gasteiger partial charge is 0.395 e. The van der Waals surface area contributed by atoms with E-state index in [0.29, 0.717) is 22.3 Å². The Bertz CT molecular complexity index is 2620. The number of rotatable bonds is 16. The number of aliphatic hydroxyl groups excluding tert-OH is 6. The highest BCUT2D eigenvalue weighted by molar-refractivity contribution is 7.53. The Morgan fingerprint density at radius 3 is 0.568 bits per heavy atom. The van der Waals surface area contributed by atoms with Crippen molar-refractivity contribution in [2.45, 2.75) is 221 Å². The molecule has 0 amide bonds. The lowest BCUT2D eigenvalue weighted by Crippen LogP contribution is -2.55. The van der Waals surface area contributed by atoms with Gasteiger partial charge in [0.15, 0.2) is 0 Å². The quantitative estimate of drug-likeness (QED) is 0.0463. The fraction of sp³-hybridized carbons (Fsp3) is 0.636. The second kappa shape index (κ2) is 31.4. The van der Waals surface area contributed by atoms with Crippen LogP contribution in [0.2, 0.25) is 0 Å². The number of aliphatic hydroxyl groups is 8. The van der Waals surface area contributed by atoms with E-state index in [1.54, 1.807) is 0 Å². The Balaban J connectivity index is 0.000000721. The van der Waals surface area contributed by atoms with Crippen LogP contribution in [0.15, 0.2) is 72.8 Å². The lowest BCUT2D eigenvalue weighted by atomic mass is 9.60. The van der Waals surface area contributed by atoms with Crippen LogP contribution in [0.4, 0.5) is 0 Å². The second-order valence-electron chi connectivity index (χ2n) is 31.1. The molecule has 0 bridgehead atoms. The summed E-state index contributed by atoms with van der Waals surface area (Å²) >= 11 is 0. The van der Waals surface area contributed by atoms with Gasteiger partial charge in [-0.1, -0.05) is 239 Å². The van der Waals surface area contributed by atoms with Crippen molar-refractivity contribution >= 4 is 34.4 Å². The average molecular weight is 1320 g/mol. The zero-order chi connectivity index (χ0) is 69.4. The third-order valence-corrected chi connectivity index (χ3v) is 18.3. The first-order chi connectivity index (χ1) is 39.4. The van der Waals surface area contributed by atoms with Crippen LogP contribution in [-0.2, 0) is 63.1 Å². The van der Waals surface area contributed by atoms with Gasteiger partial charge in [0, 0.05) is 0 Å². The van der Waals surface area contributed by atoms with E-state index in [2.05, 4.69) is 211 Å². The fourth-order valence-electron chi connectivity index (χ4n) is 10.4. The monoisotopic (exact) mass is 1320 g/mol. The number of hydrogen-bond acceptors (Lipinski definition) is 18. The molecule has 0 heterocycles. The molecule has 0 aliphatic carbocycles. The van der Waals surface area contributed by atoms with E-state index in [0.717, 1.165) is 44.5 Å². The molecule has 0 spiro atoms. The first kappa shape index (κ1) is 83.9. The van der Waals surface area contributed by atoms with Crippen LogP contribution in [-0.4, -0.2) is 120 Å². The molecule has 0 atom stereocenters. The predicted octanol–water partition coefficient (Wildman–Crippen LogP) is 11.0. The lowest BCUT2D eigenvalue weighted by Gasteiger charge is -2.49. The maximum absolute atomic E-state index is 13.3. The van der Waals surface area contributed by atoms with Crippen molar-refractivity contribution in [1.29, 1.82) is 0 Å². The minimum Gasteiger partial charge on any atom is -0.395 e. The normalized spacial score (nSPS) is 13.8. The van der Waals surface area contributed by atoms with E-state index in [4.69, 9.17) is 39.1 Å². The molecule has 18 nitrogen and oxygen atoms in total. The molecule has 0 unspecified atom stereocenters. The van der Waals surface area contributed by atoms with Crippen molar-refractivity contribution in [2.75, 3.05) is 39.6 Å². The third kappa shape index (κ3) is 20.9. The molecule has 16 N–H and O–H groups in total. The van der Waals surface area contributed by atoms with Gasteiger partial charge in [-0.15, -0.1) is 0 Å². The van der Waals surface area contributed by atoms with E-state index in [1.807, 2.05) is 36.4 Å². The summed E-state index contributed by atoms with van der Waals surface area (Å²) in [5.41, 5.74) is 1.32. The molecule has 504 valence electrons. The van der Waals surface area contributed by atoms with Gasteiger partial charge in [0.1, 0.15) is 11.2 Å². The molecule has 4 rings (SSSR count). The molecule has 88 heavy (non-hydrogen) atoms. The summed E-state index contributed by atoms with van der Waals surface area (Å²) in [6.45, 7) is 47.3. The average Bonchev–Trinajstić information content (AvgIpc) is 0.820. The highest BCUT2D eigenvalue weighted by atomic mass is 31.2. The Morgan fingerprint density at radius 1 is 0.250 bits per heavy atom. The van der Waals surface area contributed by atoms with Gasteiger partial charge in [0.2, 0.25) is 0 Å². The van der Waals surface area contributed by atoms with Crippen molar-refractivity contribution in [3.8, 4) is 0 Å². The summed E-state index contributed by atoms with van der Waals surface area (Å²) in [6, 6.07) is 24.5. The van der Waals surface area contributed by atoms with Crippen LogP contribution >= 0.6 is 34.4 Å². The van der Waals surface area contributed by atoms with E-state index in [-0.39, 0.29) is 43.3 Å². The van der Waals surface area contributed by atoms with E-state index in [1.165, 1.54) is 0 Å². The Kier molecular flexibility index (Phi) is 29.9. The number of benzene rings is 4. The van der Waals surface area contributed by atoms with Gasteiger partial charge in [0.05, 0.1) is 50.5 Å². The van der Waals surface area contributed by atoms with E-state index in [9.17, 15) is 40.9 Å². The summed E-state index contributed by atoms with van der Waals surface area (Å²) in [7, 11) is -10.4. The Hall–Kier alpha value is -2.12. The molecule has 4 aromatic rings. The molecule has 22 heteroatoms. The predicted molar refractivity (Wildman–Crippen MR) is 356 cm³/mol. The number of hydrogen-bond donors (Lipinski definition) is 16. The van der Waals surface area contributed by atoms with Crippen LogP contribution < -0.4 is 0 Å². The third-order valence-electron chi connectivity index (χ3n) is 16.0. The van der Waals surface area contributed by atoms with Gasteiger partial charge >= 0.3 is 34.4 Å². The summed E-state index contributed by atoms with van der Waals surface area (Å²) in [6.07, 6.45) is 0. The maximum Gasteiger partial charge on any atom is 0.334 e. The second-order valence-corrected chi connectivity index (χ2v) is 34.5. The smallest absolute Gasteiger partial charge is 0.334 e. The first-order valence-corrected chi connectivity index (χ1v) is 33.9. The Labute approximate surface area is 531 Å². The Morgan fingerprint density at radius 2 is 0.420 bits per heavy atom. The lowest BCUT2D eigenvalue weighted by molar-refractivity contribution is -0.137. The summed E-state index contributed by atoms with van der Waals surface area (Å²) in [5, 5.41) is 90.8. The molecule has 0 radical (unpaired) electrons. The van der Waals surface area contributed by atoms with Crippen molar-refractivity contribution in [3.05, 3.63) is 140 Å². The zero-order valence-corrected chi connectivity index (χ0v) is 60.5. The van der Waals surface area contributed by atoms with Gasteiger partial charge in [0.25, 0.3) is 0 Å². The SMILES string of the molecule is CC(C)(C)c1ccc(C(C)(C)C)c(C(O)(c2cc(C(C)(C)C)ccc2C(C)(C)C)C(CO)(CO)CO)c1.CC(C)(C)c1ccc(C(O)(c2ccc(C(C)(C)C)cc2C(C)(C)C)C(CO)(CO)CO)c(C(C)(C)C)c1.OP(O)OP(O)O.OP(O)OP(O)O. The standard InChI is InChI=1S/2C33H52O4.2H4O5P2/c1-28(2,3)22-13-15-24(26(17-22)30(7,8)9)33(37,32(19-34,20-35)21-36)25-16-14-23(29(4,5)6)18-27(25)31(10,11)12;1-28(2,3)22-13-15-24(30(7,8)9)26(17-22)33(37,32(19-34,20-35)21-36)27-18-23(29(4,5)6)14-16-25(27)31(10,11)12;2*1-6(2)5-7(3)4/h2*13-18,34-37H,19-21H2,1-12H3;2*1-4H. The molecule has 0 fully saturated rings. The minimum absolute atomic E-state index is 0.108. The van der Waals surface area contributed by atoms with Crippen molar-refractivity contribution < 1.29 is 88.6 Å². The molecular formula is C66H112O18P4. The van der Waals surface area contributed by atoms with Crippen molar-refractivity contribution in [2.24, 2.45) is 10.8 Å².